The summed E-state index contributed by atoms with van der Waals surface area (Å²) in [5.41, 5.74) is 14.6. The van der Waals surface area contributed by atoms with Gasteiger partial charge in [-0.25, -0.2) is 4.98 Å². The highest BCUT2D eigenvalue weighted by molar-refractivity contribution is 5.89. The molecule has 2 heteroatoms. The number of hydrogen-bond donors (Lipinski definition) is 0. The molecular weight excluding hydrogens is 496 g/mol. The fraction of sp³-hybridized carbons (Fsp3) is 0.205. The molecule has 0 atom stereocenters. The lowest BCUT2D eigenvalue weighted by Crippen LogP contribution is -2.09. The molecule has 0 fully saturated rings. The first kappa shape index (κ1) is 26.8. The summed E-state index contributed by atoms with van der Waals surface area (Å²) in [5, 5.41) is 0. The van der Waals surface area contributed by atoms with Crippen LogP contribution >= 0.6 is 0 Å². The number of rotatable bonds is 6. The van der Waals surface area contributed by atoms with E-state index in [9.17, 15) is 0 Å². The topological polar surface area (TPSA) is 17.8 Å². The first-order valence-electron chi connectivity index (χ1n) is 14.7. The van der Waals surface area contributed by atoms with Crippen LogP contribution in [0.4, 0.5) is 0 Å². The van der Waals surface area contributed by atoms with Gasteiger partial charge in [-0.3, -0.25) is 4.57 Å². The van der Waals surface area contributed by atoms with Crippen molar-refractivity contribution >= 4 is 11.0 Å². The number of hydrogen-bond acceptors (Lipinski definition) is 1. The molecule has 0 bridgehead atoms. The SMILES string of the molecule is Cc1ccc(C)c(-c2nc3cc(-c4ccccc4)ccc3n2-c2c(C(C)C)cc(-c3ccccc3)cc2C(C)C)c1. The summed E-state index contributed by atoms with van der Waals surface area (Å²) < 4.78 is 2.45. The van der Waals surface area contributed by atoms with Gasteiger partial charge in [-0.1, -0.05) is 112 Å². The Morgan fingerprint density at radius 2 is 1.15 bits per heavy atom. The van der Waals surface area contributed by atoms with E-state index in [4.69, 9.17) is 4.98 Å². The van der Waals surface area contributed by atoms with Gasteiger partial charge in [-0.2, -0.15) is 0 Å². The maximum atomic E-state index is 5.39. The van der Waals surface area contributed by atoms with Gasteiger partial charge in [0, 0.05) is 5.56 Å². The van der Waals surface area contributed by atoms with E-state index in [2.05, 4.69) is 155 Å². The second-order valence-electron chi connectivity index (χ2n) is 11.8. The highest BCUT2D eigenvalue weighted by Crippen LogP contribution is 2.41. The molecule has 1 heterocycles. The summed E-state index contributed by atoms with van der Waals surface area (Å²) in [4.78, 5) is 5.39. The lowest BCUT2D eigenvalue weighted by atomic mass is 9.88. The number of fused-ring (bicyclic) bond motifs is 1. The predicted octanol–water partition coefficient (Wildman–Crippen LogP) is 10.9. The molecule has 0 unspecified atom stereocenters. The Balaban J connectivity index is 1.71. The second kappa shape index (κ2) is 10.9. The quantitative estimate of drug-likeness (QED) is 0.208. The Labute approximate surface area is 244 Å². The minimum atomic E-state index is 0.332. The molecule has 0 amide bonds. The van der Waals surface area contributed by atoms with E-state index in [1.165, 1.54) is 55.8 Å². The Morgan fingerprint density at radius 3 is 1.73 bits per heavy atom. The maximum Gasteiger partial charge on any atom is 0.146 e. The predicted molar refractivity (Wildman–Crippen MR) is 175 cm³/mol. The van der Waals surface area contributed by atoms with E-state index in [1.54, 1.807) is 0 Å². The summed E-state index contributed by atoms with van der Waals surface area (Å²) in [6.07, 6.45) is 0. The Hall–Kier alpha value is -4.43. The van der Waals surface area contributed by atoms with Gasteiger partial charge in [0.05, 0.1) is 16.7 Å². The molecule has 0 N–H and O–H groups in total. The molecule has 0 radical (unpaired) electrons. The molecule has 41 heavy (non-hydrogen) atoms. The van der Waals surface area contributed by atoms with Gasteiger partial charge in [0.25, 0.3) is 0 Å². The van der Waals surface area contributed by atoms with Crippen molar-refractivity contribution in [1.82, 2.24) is 9.55 Å². The maximum absolute atomic E-state index is 5.39. The molecule has 0 spiro atoms. The number of benzene rings is 5. The lowest BCUT2D eigenvalue weighted by molar-refractivity contribution is 0.811. The number of nitrogens with zero attached hydrogens (tertiary/aromatic N) is 2. The molecule has 6 rings (SSSR count). The van der Waals surface area contributed by atoms with Gasteiger partial charge in [0.1, 0.15) is 5.82 Å². The standard InChI is InChI=1S/C39H38N2/c1-25(2)33-22-32(30-15-11-8-12-16-30)23-34(26(3)4)38(33)41-37-20-19-31(29-13-9-7-10-14-29)24-36(37)40-39(41)35-21-27(5)17-18-28(35)6/h7-26H,1-6H3. The third-order valence-corrected chi connectivity index (χ3v) is 8.14. The van der Waals surface area contributed by atoms with Gasteiger partial charge >= 0.3 is 0 Å². The molecule has 0 saturated carbocycles. The molecular formula is C39H38N2. The molecule has 2 nitrogen and oxygen atoms in total. The number of aryl methyl sites for hydroxylation is 2. The number of aromatic nitrogens is 2. The van der Waals surface area contributed by atoms with E-state index in [0.29, 0.717) is 11.8 Å². The summed E-state index contributed by atoms with van der Waals surface area (Å²) in [7, 11) is 0. The monoisotopic (exact) mass is 534 g/mol. The van der Waals surface area contributed by atoms with Gasteiger partial charge in [-0.15, -0.1) is 0 Å². The summed E-state index contributed by atoms with van der Waals surface area (Å²) in [5.74, 6) is 1.67. The third-order valence-electron chi connectivity index (χ3n) is 8.14. The van der Waals surface area contributed by atoms with Crippen molar-refractivity contribution in [2.24, 2.45) is 0 Å². The molecule has 204 valence electrons. The van der Waals surface area contributed by atoms with E-state index < -0.39 is 0 Å². The molecule has 1 aromatic heterocycles. The van der Waals surface area contributed by atoms with Crippen LogP contribution < -0.4 is 0 Å². The van der Waals surface area contributed by atoms with Crippen molar-refractivity contribution in [2.45, 2.75) is 53.4 Å². The first-order chi connectivity index (χ1) is 19.8. The summed E-state index contributed by atoms with van der Waals surface area (Å²) in [6, 6.07) is 39.6. The van der Waals surface area contributed by atoms with E-state index >= 15 is 0 Å². The van der Waals surface area contributed by atoms with Gasteiger partial charge in [0.2, 0.25) is 0 Å². The van der Waals surface area contributed by atoms with Crippen LogP contribution in [0.5, 0.6) is 0 Å². The van der Waals surface area contributed by atoms with Crippen LogP contribution in [0.15, 0.2) is 109 Å². The van der Waals surface area contributed by atoms with Crippen molar-refractivity contribution in [2.75, 3.05) is 0 Å². The minimum absolute atomic E-state index is 0.332. The molecule has 5 aromatic carbocycles. The van der Waals surface area contributed by atoms with Crippen LogP contribution in [-0.4, -0.2) is 9.55 Å². The zero-order valence-electron chi connectivity index (χ0n) is 24.9. The van der Waals surface area contributed by atoms with Crippen LogP contribution in [0.1, 0.15) is 61.8 Å². The first-order valence-corrected chi connectivity index (χ1v) is 14.7. The fourth-order valence-corrected chi connectivity index (χ4v) is 5.89. The average molecular weight is 535 g/mol. The van der Waals surface area contributed by atoms with Crippen molar-refractivity contribution in [3.8, 4) is 39.3 Å². The highest BCUT2D eigenvalue weighted by Gasteiger charge is 2.24. The van der Waals surface area contributed by atoms with E-state index in [1.807, 2.05) is 0 Å². The normalized spacial score (nSPS) is 11.6. The zero-order chi connectivity index (χ0) is 28.7. The van der Waals surface area contributed by atoms with Crippen LogP contribution in [-0.2, 0) is 0 Å². The molecule has 6 aromatic rings. The molecule has 0 aliphatic heterocycles. The number of imidazole rings is 1. The van der Waals surface area contributed by atoms with Crippen LogP contribution in [0, 0.1) is 13.8 Å². The van der Waals surface area contributed by atoms with Crippen molar-refractivity contribution in [3.63, 3.8) is 0 Å². The Morgan fingerprint density at radius 1 is 0.561 bits per heavy atom. The Kier molecular flexibility index (Phi) is 7.09. The lowest BCUT2D eigenvalue weighted by Gasteiger charge is -2.24. The average Bonchev–Trinajstić information content (AvgIpc) is 3.36. The van der Waals surface area contributed by atoms with E-state index in [-0.39, 0.29) is 0 Å². The van der Waals surface area contributed by atoms with Crippen LogP contribution in [0.2, 0.25) is 0 Å². The van der Waals surface area contributed by atoms with Crippen molar-refractivity contribution in [3.05, 3.63) is 131 Å². The smallest absolute Gasteiger partial charge is 0.146 e. The van der Waals surface area contributed by atoms with Crippen molar-refractivity contribution < 1.29 is 0 Å². The molecule has 0 aliphatic rings. The summed E-state index contributed by atoms with van der Waals surface area (Å²) >= 11 is 0. The zero-order valence-corrected chi connectivity index (χ0v) is 24.9. The fourth-order valence-electron chi connectivity index (χ4n) is 5.89. The second-order valence-corrected chi connectivity index (χ2v) is 11.8. The minimum Gasteiger partial charge on any atom is -0.292 e. The van der Waals surface area contributed by atoms with Crippen LogP contribution in [0.25, 0.3) is 50.4 Å². The largest absolute Gasteiger partial charge is 0.292 e. The summed E-state index contributed by atoms with van der Waals surface area (Å²) in [6.45, 7) is 13.6. The van der Waals surface area contributed by atoms with Crippen LogP contribution in [0.3, 0.4) is 0 Å². The molecule has 0 aliphatic carbocycles. The third kappa shape index (κ3) is 5.00. The molecule has 0 saturated heterocycles. The van der Waals surface area contributed by atoms with Gasteiger partial charge in [-0.05, 0) is 95.0 Å². The Bertz CT molecular complexity index is 1810. The highest BCUT2D eigenvalue weighted by atomic mass is 15.1. The van der Waals surface area contributed by atoms with Gasteiger partial charge in [0.15, 0.2) is 0 Å². The van der Waals surface area contributed by atoms with E-state index in [0.717, 1.165) is 16.9 Å². The van der Waals surface area contributed by atoms with Crippen molar-refractivity contribution in [1.29, 1.82) is 0 Å². The van der Waals surface area contributed by atoms with Gasteiger partial charge < -0.3 is 0 Å².